The molecule has 0 spiro atoms. The lowest BCUT2D eigenvalue weighted by Gasteiger charge is -2.18. The number of carboxylic acid groups (broad SMARTS) is 1. The highest BCUT2D eigenvalue weighted by molar-refractivity contribution is 5.84. The summed E-state index contributed by atoms with van der Waals surface area (Å²) in [7, 11) is 0. The number of aliphatic carboxylic acids is 1. The fraction of sp³-hybridized carbons (Fsp3) is 0.800. The van der Waals surface area contributed by atoms with Crippen molar-refractivity contribution < 1.29 is 24.9 Å². The zero-order chi connectivity index (χ0) is 18.7. The summed E-state index contributed by atoms with van der Waals surface area (Å²) in [5.41, 5.74) is 0. The van der Waals surface area contributed by atoms with Gasteiger partial charge in [0, 0.05) is 24.7 Å². The van der Waals surface area contributed by atoms with Gasteiger partial charge in [0.05, 0.1) is 12.2 Å². The minimum atomic E-state index is -0.767. The summed E-state index contributed by atoms with van der Waals surface area (Å²) >= 11 is 0. The largest absolute Gasteiger partial charge is 0.481 e. The lowest BCUT2D eigenvalue weighted by atomic mass is 9.88. The van der Waals surface area contributed by atoms with Gasteiger partial charge >= 0.3 is 5.97 Å². The second-order valence-electron chi connectivity index (χ2n) is 7.22. The first-order chi connectivity index (χ1) is 12.0. The molecule has 0 aromatic heterocycles. The summed E-state index contributed by atoms with van der Waals surface area (Å²) in [6.07, 6.45) is 10.7. The van der Waals surface area contributed by atoms with Crippen molar-refractivity contribution in [3.63, 3.8) is 0 Å². The third-order valence-electron chi connectivity index (χ3n) is 5.05. The van der Waals surface area contributed by atoms with Gasteiger partial charge in [0.15, 0.2) is 0 Å². The van der Waals surface area contributed by atoms with E-state index < -0.39 is 18.2 Å². The minimum Gasteiger partial charge on any atom is -0.481 e. The van der Waals surface area contributed by atoms with E-state index in [0.29, 0.717) is 6.42 Å². The smallest absolute Gasteiger partial charge is 0.303 e. The highest BCUT2D eigenvalue weighted by Gasteiger charge is 2.39. The van der Waals surface area contributed by atoms with Crippen LogP contribution in [0.15, 0.2) is 12.2 Å². The SMILES string of the molecule is CCCCCC(O)/C=C/[C@H]1C(O)CC(=O)C1CCCCCCC(=O)O. The van der Waals surface area contributed by atoms with Gasteiger partial charge in [-0.25, -0.2) is 0 Å². The average Bonchev–Trinajstić information content (AvgIpc) is 2.82. The Kier molecular flexibility index (Phi) is 10.7. The molecule has 0 amide bonds. The fourth-order valence-electron chi connectivity index (χ4n) is 3.54. The van der Waals surface area contributed by atoms with Crippen LogP contribution in [0.2, 0.25) is 0 Å². The molecule has 1 saturated carbocycles. The van der Waals surface area contributed by atoms with E-state index in [1.165, 1.54) is 0 Å². The van der Waals surface area contributed by atoms with Crippen LogP contribution < -0.4 is 0 Å². The Morgan fingerprint density at radius 3 is 2.60 bits per heavy atom. The molecular weight excluding hydrogens is 320 g/mol. The van der Waals surface area contributed by atoms with Crippen LogP contribution in [-0.2, 0) is 9.59 Å². The van der Waals surface area contributed by atoms with Crippen LogP contribution in [0.5, 0.6) is 0 Å². The van der Waals surface area contributed by atoms with Crippen molar-refractivity contribution in [2.24, 2.45) is 11.8 Å². The molecule has 5 heteroatoms. The molecule has 0 saturated heterocycles. The molecule has 4 atom stereocenters. The average molecular weight is 354 g/mol. The van der Waals surface area contributed by atoms with Crippen molar-refractivity contribution in [1.29, 1.82) is 0 Å². The topological polar surface area (TPSA) is 94.8 Å². The molecule has 1 aliphatic rings. The number of rotatable bonds is 13. The highest BCUT2D eigenvalue weighted by atomic mass is 16.4. The molecule has 1 aliphatic carbocycles. The summed E-state index contributed by atoms with van der Waals surface area (Å²) in [5, 5.41) is 28.7. The van der Waals surface area contributed by atoms with Gasteiger partial charge in [-0.05, 0) is 19.3 Å². The number of hydrogen-bond acceptors (Lipinski definition) is 4. The van der Waals surface area contributed by atoms with E-state index in [1.54, 1.807) is 6.08 Å². The molecule has 144 valence electrons. The van der Waals surface area contributed by atoms with Gasteiger partial charge in [-0.2, -0.15) is 0 Å². The molecule has 1 rings (SSSR count). The molecular formula is C20H34O5. The van der Waals surface area contributed by atoms with Crippen molar-refractivity contribution in [1.82, 2.24) is 0 Å². The molecule has 1 fully saturated rings. The Hall–Kier alpha value is -1.20. The zero-order valence-electron chi connectivity index (χ0n) is 15.4. The maximum absolute atomic E-state index is 12.1. The van der Waals surface area contributed by atoms with E-state index in [-0.39, 0.29) is 30.5 Å². The predicted octanol–water partition coefficient (Wildman–Crippen LogP) is 3.48. The first kappa shape index (κ1) is 21.8. The first-order valence-corrected chi connectivity index (χ1v) is 9.74. The Morgan fingerprint density at radius 2 is 1.92 bits per heavy atom. The van der Waals surface area contributed by atoms with Crippen LogP contribution in [-0.4, -0.2) is 39.3 Å². The quantitative estimate of drug-likeness (QED) is 0.348. The number of hydrogen-bond donors (Lipinski definition) is 3. The molecule has 25 heavy (non-hydrogen) atoms. The molecule has 0 bridgehead atoms. The molecule has 3 N–H and O–H groups in total. The van der Waals surface area contributed by atoms with Gasteiger partial charge in [0.1, 0.15) is 5.78 Å². The highest BCUT2D eigenvalue weighted by Crippen LogP contribution is 2.34. The number of carbonyl (C=O) groups excluding carboxylic acids is 1. The second kappa shape index (κ2) is 12.2. The standard InChI is InChI=1S/C20H34O5/c1-2-3-6-9-15(21)12-13-17-16(18(22)14-19(17)23)10-7-4-5-8-11-20(24)25/h12-13,15-17,19,21,23H,2-11,14H2,1H3,(H,24,25)/b13-12+/t15?,16?,17-,19?/m1/s1. The van der Waals surface area contributed by atoms with Crippen LogP contribution in [0.1, 0.15) is 77.6 Å². The first-order valence-electron chi connectivity index (χ1n) is 9.74. The molecule has 0 aliphatic heterocycles. The summed E-state index contributed by atoms with van der Waals surface area (Å²) in [6.45, 7) is 2.12. The van der Waals surface area contributed by atoms with E-state index in [2.05, 4.69) is 6.92 Å². The van der Waals surface area contributed by atoms with E-state index in [0.717, 1.165) is 51.4 Å². The molecule has 0 heterocycles. The van der Waals surface area contributed by atoms with Crippen molar-refractivity contribution in [3.05, 3.63) is 12.2 Å². The van der Waals surface area contributed by atoms with Crippen LogP contribution in [0, 0.1) is 11.8 Å². The number of Topliss-reactive ketones (excluding diaryl/α,β-unsaturated/α-hetero) is 1. The van der Waals surface area contributed by atoms with E-state index in [1.807, 2.05) is 6.08 Å². The molecule has 0 aromatic rings. The number of aliphatic hydroxyl groups is 2. The van der Waals surface area contributed by atoms with Crippen molar-refractivity contribution >= 4 is 11.8 Å². The number of aliphatic hydroxyl groups excluding tert-OH is 2. The number of carbonyl (C=O) groups is 2. The van der Waals surface area contributed by atoms with Crippen LogP contribution in [0.4, 0.5) is 0 Å². The summed E-state index contributed by atoms with van der Waals surface area (Å²) < 4.78 is 0. The van der Waals surface area contributed by atoms with E-state index in [9.17, 15) is 19.8 Å². The predicted molar refractivity (Wildman–Crippen MR) is 97.2 cm³/mol. The lowest BCUT2D eigenvalue weighted by Crippen LogP contribution is -2.19. The summed E-state index contributed by atoms with van der Waals surface area (Å²) in [6, 6.07) is 0. The molecule has 0 radical (unpaired) electrons. The van der Waals surface area contributed by atoms with Gasteiger partial charge in [-0.3, -0.25) is 9.59 Å². The lowest BCUT2D eigenvalue weighted by molar-refractivity contribution is -0.137. The Labute approximate surface area is 151 Å². The van der Waals surface area contributed by atoms with E-state index in [4.69, 9.17) is 5.11 Å². The van der Waals surface area contributed by atoms with Crippen LogP contribution in [0.25, 0.3) is 0 Å². The minimum absolute atomic E-state index is 0.105. The van der Waals surface area contributed by atoms with Crippen molar-refractivity contribution in [2.75, 3.05) is 0 Å². The summed E-state index contributed by atoms with van der Waals surface area (Å²) in [4.78, 5) is 22.6. The Bertz CT molecular complexity index is 432. The van der Waals surface area contributed by atoms with Crippen molar-refractivity contribution in [2.45, 2.75) is 89.8 Å². The molecule has 5 nitrogen and oxygen atoms in total. The third-order valence-corrected chi connectivity index (χ3v) is 5.05. The van der Waals surface area contributed by atoms with Crippen LogP contribution in [0.3, 0.4) is 0 Å². The van der Waals surface area contributed by atoms with Crippen LogP contribution >= 0.6 is 0 Å². The maximum Gasteiger partial charge on any atom is 0.303 e. The van der Waals surface area contributed by atoms with Crippen molar-refractivity contribution in [3.8, 4) is 0 Å². The fourth-order valence-corrected chi connectivity index (χ4v) is 3.54. The maximum atomic E-state index is 12.1. The normalized spacial score (nSPS) is 24.9. The van der Waals surface area contributed by atoms with Gasteiger partial charge in [-0.1, -0.05) is 57.6 Å². The number of carboxylic acids is 1. The van der Waals surface area contributed by atoms with E-state index >= 15 is 0 Å². The molecule has 3 unspecified atom stereocenters. The Morgan fingerprint density at radius 1 is 1.20 bits per heavy atom. The molecule has 0 aromatic carbocycles. The van der Waals surface area contributed by atoms with Gasteiger partial charge in [0.2, 0.25) is 0 Å². The van der Waals surface area contributed by atoms with Gasteiger partial charge < -0.3 is 15.3 Å². The number of ketones is 1. The zero-order valence-corrected chi connectivity index (χ0v) is 15.4. The second-order valence-corrected chi connectivity index (χ2v) is 7.22. The Balaban J connectivity index is 2.39. The number of unbranched alkanes of at least 4 members (excludes halogenated alkanes) is 5. The van der Waals surface area contributed by atoms with Gasteiger partial charge in [-0.15, -0.1) is 0 Å². The summed E-state index contributed by atoms with van der Waals surface area (Å²) in [5.74, 6) is -1.04. The van der Waals surface area contributed by atoms with Gasteiger partial charge in [0.25, 0.3) is 0 Å². The third kappa shape index (κ3) is 8.63. The monoisotopic (exact) mass is 354 g/mol.